The van der Waals surface area contributed by atoms with Gasteiger partial charge in [0, 0.05) is 25.2 Å². The molecule has 0 spiro atoms. The number of hydrogen-bond acceptors (Lipinski definition) is 3. The van der Waals surface area contributed by atoms with Gasteiger partial charge < -0.3 is 9.73 Å². The van der Waals surface area contributed by atoms with Gasteiger partial charge in [0.1, 0.15) is 11.5 Å². The van der Waals surface area contributed by atoms with Crippen molar-refractivity contribution in [2.75, 3.05) is 20.1 Å². The molecular weight excluding hydrogens is 260 g/mol. The summed E-state index contributed by atoms with van der Waals surface area (Å²) in [5.74, 6) is 2.13. The standard InChI is InChI=1S/C18H24N2O/c1-14-17(12-19-2)11-18(21-14)13-20-9-7-15-5-3-4-6-16(15)8-10-20/h3-6,11,19H,7-10,12-13H2,1-2H3. The van der Waals surface area contributed by atoms with Gasteiger partial charge in [-0.05, 0) is 44.0 Å². The van der Waals surface area contributed by atoms with Crippen LogP contribution < -0.4 is 5.32 Å². The lowest BCUT2D eigenvalue weighted by molar-refractivity contribution is 0.253. The van der Waals surface area contributed by atoms with E-state index in [9.17, 15) is 0 Å². The first-order chi connectivity index (χ1) is 10.3. The number of aryl methyl sites for hydroxylation is 1. The molecule has 1 aromatic heterocycles. The second-order valence-electron chi connectivity index (χ2n) is 5.87. The third-order valence-corrected chi connectivity index (χ3v) is 4.33. The fourth-order valence-electron chi connectivity index (χ4n) is 3.12. The molecule has 0 saturated carbocycles. The van der Waals surface area contributed by atoms with Crippen LogP contribution in [0.3, 0.4) is 0 Å². The summed E-state index contributed by atoms with van der Waals surface area (Å²) >= 11 is 0. The SMILES string of the molecule is CNCc1cc(CN2CCc3ccccc3CC2)oc1C. The third-order valence-electron chi connectivity index (χ3n) is 4.33. The van der Waals surface area contributed by atoms with E-state index in [1.807, 2.05) is 7.05 Å². The number of hydrogen-bond donors (Lipinski definition) is 1. The van der Waals surface area contributed by atoms with Crippen molar-refractivity contribution >= 4 is 0 Å². The Hall–Kier alpha value is -1.58. The molecule has 1 N–H and O–H groups in total. The minimum absolute atomic E-state index is 0.876. The fraction of sp³-hybridized carbons (Fsp3) is 0.444. The molecule has 2 heterocycles. The van der Waals surface area contributed by atoms with Crippen molar-refractivity contribution in [3.63, 3.8) is 0 Å². The van der Waals surface area contributed by atoms with Crippen molar-refractivity contribution in [3.8, 4) is 0 Å². The average molecular weight is 284 g/mol. The molecule has 112 valence electrons. The maximum absolute atomic E-state index is 5.91. The molecule has 3 nitrogen and oxygen atoms in total. The van der Waals surface area contributed by atoms with Crippen LogP contribution >= 0.6 is 0 Å². The predicted molar refractivity (Wildman–Crippen MR) is 85.3 cm³/mol. The molecule has 21 heavy (non-hydrogen) atoms. The molecule has 0 aliphatic carbocycles. The Morgan fingerprint density at radius 2 is 1.81 bits per heavy atom. The molecule has 1 aliphatic heterocycles. The Kier molecular flexibility index (Phi) is 4.42. The predicted octanol–water partition coefficient (Wildman–Crippen LogP) is 2.91. The number of nitrogens with zero attached hydrogens (tertiary/aromatic N) is 1. The van der Waals surface area contributed by atoms with E-state index in [-0.39, 0.29) is 0 Å². The summed E-state index contributed by atoms with van der Waals surface area (Å²) in [6.45, 7) is 6.06. The Balaban J connectivity index is 1.65. The lowest BCUT2D eigenvalue weighted by Gasteiger charge is -2.17. The van der Waals surface area contributed by atoms with Crippen molar-refractivity contribution < 1.29 is 4.42 Å². The summed E-state index contributed by atoms with van der Waals surface area (Å²) in [5.41, 5.74) is 4.28. The van der Waals surface area contributed by atoms with Crippen LogP contribution in [0.1, 0.15) is 28.2 Å². The van der Waals surface area contributed by atoms with E-state index in [1.54, 1.807) is 0 Å². The number of fused-ring (bicyclic) bond motifs is 1. The van der Waals surface area contributed by atoms with Gasteiger partial charge in [0.05, 0.1) is 6.54 Å². The largest absolute Gasteiger partial charge is 0.465 e. The maximum Gasteiger partial charge on any atom is 0.118 e. The molecule has 0 radical (unpaired) electrons. The fourth-order valence-corrected chi connectivity index (χ4v) is 3.12. The highest BCUT2D eigenvalue weighted by Crippen LogP contribution is 2.20. The average Bonchev–Trinajstić information content (AvgIpc) is 2.71. The summed E-state index contributed by atoms with van der Waals surface area (Å²) < 4.78 is 5.91. The van der Waals surface area contributed by atoms with Crippen LogP contribution in [0.15, 0.2) is 34.7 Å². The minimum atomic E-state index is 0.876. The van der Waals surface area contributed by atoms with Gasteiger partial charge in [-0.15, -0.1) is 0 Å². The highest BCUT2D eigenvalue weighted by molar-refractivity contribution is 5.28. The zero-order valence-electron chi connectivity index (χ0n) is 13.0. The molecule has 0 bridgehead atoms. The molecule has 0 atom stereocenters. The van der Waals surface area contributed by atoms with Crippen molar-refractivity contribution in [3.05, 3.63) is 58.5 Å². The quantitative estimate of drug-likeness (QED) is 0.936. The Morgan fingerprint density at radius 1 is 1.14 bits per heavy atom. The van der Waals surface area contributed by atoms with Crippen LogP contribution in [0.25, 0.3) is 0 Å². The number of furan rings is 1. The molecule has 0 fully saturated rings. The van der Waals surface area contributed by atoms with Crippen LogP contribution in [0, 0.1) is 6.92 Å². The lowest BCUT2D eigenvalue weighted by atomic mass is 10.0. The summed E-state index contributed by atoms with van der Waals surface area (Å²) in [4.78, 5) is 2.50. The highest BCUT2D eigenvalue weighted by atomic mass is 16.3. The van der Waals surface area contributed by atoms with E-state index in [0.717, 1.165) is 50.5 Å². The molecule has 2 aromatic rings. The van der Waals surface area contributed by atoms with E-state index >= 15 is 0 Å². The normalized spacial score (nSPS) is 15.7. The zero-order valence-corrected chi connectivity index (χ0v) is 13.0. The van der Waals surface area contributed by atoms with E-state index in [1.165, 1.54) is 16.7 Å². The van der Waals surface area contributed by atoms with Gasteiger partial charge in [0.25, 0.3) is 0 Å². The molecule has 1 aromatic carbocycles. The van der Waals surface area contributed by atoms with Crippen molar-refractivity contribution in [1.29, 1.82) is 0 Å². The summed E-state index contributed by atoms with van der Waals surface area (Å²) in [7, 11) is 1.97. The van der Waals surface area contributed by atoms with Crippen molar-refractivity contribution in [1.82, 2.24) is 10.2 Å². The Bertz CT molecular complexity index is 576. The zero-order chi connectivity index (χ0) is 14.7. The smallest absolute Gasteiger partial charge is 0.118 e. The maximum atomic E-state index is 5.91. The van der Waals surface area contributed by atoms with Gasteiger partial charge in [-0.25, -0.2) is 0 Å². The number of rotatable bonds is 4. The van der Waals surface area contributed by atoms with Gasteiger partial charge in [-0.3, -0.25) is 4.90 Å². The van der Waals surface area contributed by atoms with Gasteiger partial charge in [-0.2, -0.15) is 0 Å². The first kappa shape index (κ1) is 14.4. The van der Waals surface area contributed by atoms with E-state index in [4.69, 9.17) is 4.42 Å². The molecule has 1 aliphatic rings. The second kappa shape index (κ2) is 6.46. The molecule has 0 unspecified atom stereocenters. The van der Waals surface area contributed by atoms with Gasteiger partial charge in [-0.1, -0.05) is 24.3 Å². The van der Waals surface area contributed by atoms with Crippen LogP contribution in [-0.4, -0.2) is 25.0 Å². The Labute approximate surface area is 127 Å². The number of nitrogens with one attached hydrogen (secondary N) is 1. The molecule has 3 rings (SSSR count). The van der Waals surface area contributed by atoms with Gasteiger partial charge >= 0.3 is 0 Å². The van der Waals surface area contributed by atoms with Crippen molar-refractivity contribution in [2.24, 2.45) is 0 Å². The van der Waals surface area contributed by atoms with Gasteiger partial charge in [0.2, 0.25) is 0 Å². The van der Waals surface area contributed by atoms with Crippen molar-refractivity contribution in [2.45, 2.75) is 32.9 Å². The van der Waals surface area contributed by atoms with Crippen LogP contribution in [-0.2, 0) is 25.9 Å². The lowest BCUT2D eigenvalue weighted by Crippen LogP contribution is -2.25. The number of benzene rings is 1. The molecule has 3 heteroatoms. The van der Waals surface area contributed by atoms with Crippen LogP contribution in [0.4, 0.5) is 0 Å². The van der Waals surface area contributed by atoms with Crippen LogP contribution in [0.5, 0.6) is 0 Å². The third kappa shape index (κ3) is 3.36. The van der Waals surface area contributed by atoms with E-state index < -0.39 is 0 Å². The second-order valence-corrected chi connectivity index (χ2v) is 5.87. The molecular formula is C18H24N2O. The summed E-state index contributed by atoms with van der Waals surface area (Å²) in [6, 6.07) is 11.0. The Morgan fingerprint density at radius 3 is 2.43 bits per heavy atom. The van der Waals surface area contributed by atoms with E-state index in [0.29, 0.717) is 0 Å². The first-order valence-corrected chi connectivity index (χ1v) is 7.78. The first-order valence-electron chi connectivity index (χ1n) is 7.78. The van der Waals surface area contributed by atoms with Crippen LogP contribution in [0.2, 0.25) is 0 Å². The molecule has 0 amide bonds. The molecule has 0 saturated heterocycles. The highest BCUT2D eigenvalue weighted by Gasteiger charge is 2.16. The summed E-state index contributed by atoms with van der Waals surface area (Å²) in [6.07, 6.45) is 2.28. The van der Waals surface area contributed by atoms with E-state index in [2.05, 4.69) is 47.5 Å². The van der Waals surface area contributed by atoms with Gasteiger partial charge in [0.15, 0.2) is 0 Å². The minimum Gasteiger partial charge on any atom is -0.465 e. The monoisotopic (exact) mass is 284 g/mol. The topological polar surface area (TPSA) is 28.4 Å². The summed E-state index contributed by atoms with van der Waals surface area (Å²) in [5, 5.41) is 3.19.